The van der Waals surface area contributed by atoms with E-state index in [9.17, 15) is 9.59 Å². The Labute approximate surface area is 125 Å². The largest absolute Gasteiger partial charge is 0.463 e. The molecule has 3 rings (SSSR count). The molecule has 0 fully saturated rings. The highest BCUT2D eigenvalue weighted by Gasteiger charge is 2.08. The van der Waals surface area contributed by atoms with Gasteiger partial charge >= 0.3 is 0 Å². The summed E-state index contributed by atoms with van der Waals surface area (Å²) in [5.41, 5.74) is 0.0916. The van der Waals surface area contributed by atoms with Gasteiger partial charge in [-0.25, -0.2) is 9.97 Å². The topological polar surface area (TPSA) is 90.0 Å². The lowest BCUT2D eigenvalue weighted by molar-refractivity contribution is -0.116. The summed E-state index contributed by atoms with van der Waals surface area (Å²) in [5.74, 6) is 0.580. The third kappa shape index (κ3) is 3.09. The van der Waals surface area contributed by atoms with E-state index in [0.29, 0.717) is 17.3 Å². The third-order valence-corrected chi connectivity index (χ3v) is 2.90. The highest BCUT2D eigenvalue weighted by atomic mass is 16.3. The van der Waals surface area contributed by atoms with Crippen LogP contribution in [0, 0.1) is 0 Å². The summed E-state index contributed by atoms with van der Waals surface area (Å²) in [6.07, 6.45) is 4.39. The van der Waals surface area contributed by atoms with Crippen molar-refractivity contribution in [1.29, 1.82) is 0 Å². The molecule has 7 heteroatoms. The number of carbonyl (C=O) groups excluding carboxylic acids is 1. The van der Waals surface area contributed by atoms with Crippen LogP contribution < -0.4 is 10.9 Å². The molecule has 7 nitrogen and oxygen atoms in total. The van der Waals surface area contributed by atoms with Crippen LogP contribution in [0.4, 0.5) is 5.82 Å². The van der Waals surface area contributed by atoms with Crippen LogP contribution in [0.15, 0.2) is 64.4 Å². The van der Waals surface area contributed by atoms with Crippen LogP contribution in [-0.2, 0) is 11.3 Å². The van der Waals surface area contributed by atoms with Gasteiger partial charge in [-0.3, -0.25) is 14.2 Å². The number of aromatic nitrogens is 3. The average Bonchev–Trinajstić information content (AvgIpc) is 3.04. The second-order valence-electron chi connectivity index (χ2n) is 4.48. The van der Waals surface area contributed by atoms with Crippen molar-refractivity contribution in [3.63, 3.8) is 0 Å². The normalized spacial score (nSPS) is 10.4. The second kappa shape index (κ2) is 6.04. The third-order valence-electron chi connectivity index (χ3n) is 2.90. The molecular weight excluding hydrogens is 284 g/mol. The number of amides is 1. The van der Waals surface area contributed by atoms with E-state index in [0.717, 1.165) is 0 Å². The first-order valence-corrected chi connectivity index (χ1v) is 6.53. The van der Waals surface area contributed by atoms with Gasteiger partial charge < -0.3 is 9.73 Å². The Kier molecular flexibility index (Phi) is 3.78. The maximum absolute atomic E-state index is 12.0. The minimum Gasteiger partial charge on any atom is -0.463 e. The molecule has 22 heavy (non-hydrogen) atoms. The Morgan fingerprint density at radius 1 is 1.23 bits per heavy atom. The van der Waals surface area contributed by atoms with E-state index in [1.54, 1.807) is 36.5 Å². The monoisotopic (exact) mass is 296 g/mol. The molecule has 0 radical (unpaired) electrons. The van der Waals surface area contributed by atoms with Gasteiger partial charge in [0.15, 0.2) is 5.76 Å². The van der Waals surface area contributed by atoms with Crippen LogP contribution in [0.3, 0.4) is 0 Å². The number of anilines is 1. The summed E-state index contributed by atoms with van der Waals surface area (Å²) in [6, 6.07) is 9.92. The van der Waals surface area contributed by atoms with Gasteiger partial charge in [-0.15, -0.1) is 0 Å². The Bertz CT molecular complexity index is 826. The summed E-state index contributed by atoms with van der Waals surface area (Å²) >= 11 is 0. The van der Waals surface area contributed by atoms with Gasteiger partial charge in [0.1, 0.15) is 18.1 Å². The first kappa shape index (κ1) is 13.7. The van der Waals surface area contributed by atoms with E-state index in [-0.39, 0.29) is 18.0 Å². The molecule has 0 aromatic carbocycles. The molecule has 3 heterocycles. The van der Waals surface area contributed by atoms with Crippen molar-refractivity contribution in [3.8, 4) is 11.5 Å². The SMILES string of the molecule is O=C(Cn1cnc(-c2ccco2)cc1=O)Nc1ccccn1. The summed E-state index contributed by atoms with van der Waals surface area (Å²) in [5, 5.41) is 2.60. The Balaban J connectivity index is 1.73. The second-order valence-corrected chi connectivity index (χ2v) is 4.48. The van der Waals surface area contributed by atoms with Crippen molar-refractivity contribution in [2.24, 2.45) is 0 Å². The van der Waals surface area contributed by atoms with Crippen LogP contribution in [0.25, 0.3) is 11.5 Å². The van der Waals surface area contributed by atoms with Crippen LogP contribution in [-0.4, -0.2) is 20.4 Å². The fourth-order valence-electron chi connectivity index (χ4n) is 1.88. The van der Waals surface area contributed by atoms with Gasteiger partial charge in [0.2, 0.25) is 5.91 Å². The molecule has 0 spiro atoms. The highest BCUT2D eigenvalue weighted by Crippen LogP contribution is 2.14. The smallest absolute Gasteiger partial charge is 0.254 e. The van der Waals surface area contributed by atoms with Gasteiger partial charge in [-0.1, -0.05) is 6.07 Å². The van der Waals surface area contributed by atoms with Crippen LogP contribution in [0.5, 0.6) is 0 Å². The number of carbonyl (C=O) groups is 1. The minimum absolute atomic E-state index is 0.138. The summed E-state index contributed by atoms with van der Waals surface area (Å²) in [6.45, 7) is -0.138. The number of hydrogen-bond acceptors (Lipinski definition) is 5. The number of rotatable bonds is 4. The first-order chi connectivity index (χ1) is 10.7. The van der Waals surface area contributed by atoms with Crippen LogP contribution >= 0.6 is 0 Å². The van der Waals surface area contributed by atoms with E-state index in [4.69, 9.17) is 4.42 Å². The molecule has 0 aliphatic carbocycles. The summed E-state index contributed by atoms with van der Waals surface area (Å²) < 4.78 is 6.39. The maximum atomic E-state index is 12.0. The van der Waals surface area contributed by atoms with E-state index in [1.807, 2.05) is 0 Å². The van der Waals surface area contributed by atoms with Crippen molar-refractivity contribution in [3.05, 3.63) is 65.5 Å². The number of hydrogen-bond donors (Lipinski definition) is 1. The Hall–Kier alpha value is -3.22. The molecule has 110 valence electrons. The molecule has 0 aliphatic rings. The van der Waals surface area contributed by atoms with Crippen molar-refractivity contribution in [1.82, 2.24) is 14.5 Å². The van der Waals surface area contributed by atoms with Crippen molar-refractivity contribution in [2.75, 3.05) is 5.32 Å². The van der Waals surface area contributed by atoms with Gasteiger partial charge in [0.05, 0.1) is 12.6 Å². The number of nitrogens with zero attached hydrogens (tertiary/aromatic N) is 3. The molecule has 0 unspecified atom stereocenters. The molecule has 3 aromatic heterocycles. The molecular formula is C15H12N4O3. The van der Waals surface area contributed by atoms with Crippen LogP contribution in [0.1, 0.15) is 0 Å². The predicted molar refractivity (Wildman–Crippen MR) is 79.1 cm³/mol. The summed E-state index contributed by atoms with van der Waals surface area (Å²) in [7, 11) is 0. The molecule has 0 aliphatic heterocycles. The lowest BCUT2D eigenvalue weighted by Gasteiger charge is -2.06. The number of furan rings is 1. The Morgan fingerprint density at radius 2 is 2.14 bits per heavy atom. The molecule has 0 bridgehead atoms. The van der Waals surface area contributed by atoms with Gasteiger partial charge in [0.25, 0.3) is 5.56 Å². The van der Waals surface area contributed by atoms with Crippen molar-refractivity contribution in [2.45, 2.75) is 6.54 Å². The molecule has 1 amide bonds. The Morgan fingerprint density at radius 3 is 2.82 bits per heavy atom. The predicted octanol–water partition coefficient (Wildman–Crippen LogP) is 1.54. The molecule has 0 saturated carbocycles. The molecule has 0 atom stereocenters. The van der Waals surface area contributed by atoms with Gasteiger partial charge in [0, 0.05) is 12.3 Å². The lowest BCUT2D eigenvalue weighted by atomic mass is 10.3. The van der Waals surface area contributed by atoms with E-state index >= 15 is 0 Å². The molecule has 0 saturated heterocycles. The van der Waals surface area contributed by atoms with E-state index in [2.05, 4.69) is 15.3 Å². The fraction of sp³-hybridized carbons (Fsp3) is 0.0667. The lowest BCUT2D eigenvalue weighted by Crippen LogP contribution is -2.27. The van der Waals surface area contributed by atoms with E-state index < -0.39 is 0 Å². The fourth-order valence-corrected chi connectivity index (χ4v) is 1.88. The zero-order valence-corrected chi connectivity index (χ0v) is 11.5. The van der Waals surface area contributed by atoms with E-state index in [1.165, 1.54) is 23.2 Å². The minimum atomic E-state index is -0.353. The quantitative estimate of drug-likeness (QED) is 0.788. The standard InChI is InChI=1S/C15H12N4O3/c20-14(18-13-5-1-2-6-16-13)9-19-10-17-11(8-15(19)21)12-4-3-7-22-12/h1-8,10H,9H2,(H,16,18,20). The van der Waals surface area contributed by atoms with Gasteiger partial charge in [-0.2, -0.15) is 0 Å². The summed E-state index contributed by atoms with van der Waals surface area (Å²) in [4.78, 5) is 32.0. The maximum Gasteiger partial charge on any atom is 0.254 e. The number of pyridine rings is 1. The van der Waals surface area contributed by atoms with Crippen molar-refractivity contribution >= 4 is 11.7 Å². The average molecular weight is 296 g/mol. The zero-order chi connectivity index (χ0) is 15.4. The van der Waals surface area contributed by atoms with Gasteiger partial charge in [-0.05, 0) is 24.3 Å². The molecule has 1 N–H and O–H groups in total. The number of nitrogens with one attached hydrogen (secondary N) is 1. The van der Waals surface area contributed by atoms with Crippen molar-refractivity contribution < 1.29 is 9.21 Å². The zero-order valence-electron chi connectivity index (χ0n) is 11.5. The molecule has 3 aromatic rings. The first-order valence-electron chi connectivity index (χ1n) is 6.53. The van der Waals surface area contributed by atoms with Crippen LogP contribution in [0.2, 0.25) is 0 Å². The highest BCUT2D eigenvalue weighted by molar-refractivity contribution is 5.89.